The van der Waals surface area contributed by atoms with Crippen LogP contribution in [0.2, 0.25) is 0 Å². The van der Waals surface area contributed by atoms with Crippen LogP contribution in [0.15, 0.2) is 28.7 Å². The molecule has 0 aliphatic carbocycles. The summed E-state index contributed by atoms with van der Waals surface area (Å²) in [5.41, 5.74) is 7.31. The molecule has 15 heavy (non-hydrogen) atoms. The summed E-state index contributed by atoms with van der Waals surface area (Å²) in [6.07, 6.45) is 2.26. The molecule has 3 heteroatoms. The highest BCUT2D eigenvalue weighted by molar-refractivity contribution is 9.10. The number of halogens is 2. The fraction of sp³-hybridized carbons (Fsp3) is 0.500. The van der Waals surface area contributed by atoms with Crippen LogP contribution in [0.25, 0.3) is 0 Å². The second-order valence-electron chi connectivity index (χ2n) is 4.13. The van der Waals surface area contributed by atoms with Crippen LogP contribution in [0.5, 0.6) is 0 Å². The van der Waals surface area contributed by atoms with Crippen molar-refractivity contribution in [3.8, 4) is 0 Å². The predicted molar refractivity (Wildman–Crippen MR) is 72.4 cm³/mol. The fourth-order valence-electron chi connectivity index (χ4n) is 1.39. The number of nitrogens with two attached hydrogens (primary N) is 1. The van der Waals surface area contributed by atoms with E-state index in [2.05, 4.69) is 41.9 Å². The van der Waals surface area contributed by atoms with Gasteiger partial charge >= 0.3 is 0 Å². The van der Waals surface area contributed by atoms with E-state index in [0.29, 0.717) is 0 Å². The molecule has 0 spiro atoms. The second-order valence-corrected chi connectivity index (χ2v) is 5.04. The quantitative estimate of drug-likeness (QED) is 0.879. The summed E-state index contributed by atoms with van der Waals surface area (Å²) < 4.78 is 1.11. The lowest BCUT2D eigenvalue weighted by Crippen LogP contribution is -2.10. The van der Waals surface area contributed by atoms with Crippen molar-refractivity contribution < 1.29 is 0 Å². The van der Waals surface area contributed by atoms with Crippen LogP contribution in [-0.2, 0) is 0 Å². The molecule has 0 amide bonds. The highest BCUT2D eigenvalue weighted by Gasteiger charge is 2.06. The van der Waals surface area contributed by atoms with Gasteiger partial charge in [-0.1, -0.05) is 41.9 Å². The Morgan fingerprint density at radius 1 is 1.13 bits per heavy atom. The molecule has 1 atom stereocenters. The zero-order valence-electron chi connectivity index (χ0n) is 9.24. The molecule has 0 unspecified atom stereocenters. The molecule has 0 aliphatic heterocycles. The topological polar surface area (TPSA) is 26.0 Å². The van der Waals surface area contributed by atoms with Crippen LogP contribution >= 0.6 is 28.3 Å². The third-order valence-corrected chi connectivity index (χ3v) is 2.88. The molecule has 1 aromatic rings. The van der Waals surface area contributed by atoms with Crippen LogP contribution in [0, 0.1) is 5.92 Å². The minimum Gasteiger partial charge on any atom is -0.324 e. The second kappa shape index (κ2) is 7.26. The van der Waals surface area contributed by atoms with E-state index in [-0.39, 0.29) is 18.4 Å². The maximum Gasteiger partial charge on any atom is 0.0294 e. The van der Waals surface area contributed by atoms with E-state index in [0.717, 1.165) is 16.8 Å². The fourth-order valence-corrected chi connectivity index (χ4v) is 1.65. The Balaban J connectivity index is 0.00000196. The molecule has 0 saturated heterocycles. The van der Waals surface area contributed by atoms with Crippen LogP contribution < -0.4 is 5.73 Å². The van der Waals surface area contributed by atoms with Gasteiger partial charge in [-0.2, -0.15) is 0 Å². The van der Waals surface area contributed by atoms with Crippen LogP contribution in [-0.4, -0.2) is 0 Å². The molecule has 2 N–H and O–H groups in total. The SMILES string of the molecule is CC(C)CC[C@H](N)c1ccc(Br)cc1.Cl. The third-order valence-electron chi connectivity index (χ3n) is 2.35. The molecule has 0 aromatic heterocycles. The first-order chi connectivity index (χ1) is 6.59. The van der Waals surface area contributed by atoms with Gasteiger partial charge < -0.3 is 5.73 Å². The van der Waals surface area contributed by atoms with Gasteiger partial charge in [0.15, 0.2) is 0 Å². The van der Waals surface area contributed by atoms with Crippen LogP contribution in [0.1, 0.15) is 38.3 Å². The first-order valence-electron chi connectivity index (χ1n) is 5.10. The number of hydrogen-bond acceptors (Lipinski definition) is 1. The van der Waals surface area contributed by atoms with E-state index in [4.69, 9.17) is 5.73 Å². The smallest absolute Gasteiger partial charge is 0.0294 e. The predicted octanol–water partition coefficient (Wildman–Crippen LogP) is 4.31. The highest BCUT2D eigenvalue weighted by atomic mass is 79.9. The summed E-state index contributed by atoms with van der Waals surface area (Å²) >= 11 is 3.42. The molecule has 0 fully saturated rings. The Labute approximate surface area is 107 Å². The maximum absolute atomic E-state index is 6.08. The molecule has 1 nitrogen and oxygen atoms in total. The van der Waals surface area contributed by atoms with Crippen molar-refractivity contribution in [3.63, 3.8) is 0 Å². The van der Waals surface area contributed by atoms with Gasteiger partial charge in [0, 0.05) is 10.5 Å². The Bertz CT molecular complexity index is 271. The zero-order chi connectivity index (χ0) is 10.6. The monoisotopic (exact) mass is 291 g/mol. The molecule has 1 rings (SSSR count). The Hall–Kier alpha value is -0.0500. The lowest BCUT2D eigenvalue weighted by Gasteiger charge is -2.13. The van der Waals surface area contributed by atoms with E-state index in [1.54, 1.807) is 0 Å². The molecule has 86 valence electrons. The normalized spacial score (nSPS) is 12.3. The first-order valence-corrected chi connectivity index (χ1v) is 5.90. The van der Waals surface area contributed by atoms with Gasteiger partial charge in [-0.15, -0.1) is 12.4 Å². The lowest BCUT2D eigenvalue weighted by atomic mass is 9.98. The van der Waals surface area contributed by atoms with Crippen molar-refractivity contribution in [2.24, 2.45) is 11.7 Å². The summed E-state index contributed by atoms with van der Waals surface area (Å²) in [5.74, 6) is 0.733. The van der Waals surface area contributed by atoms with Crippen molar-refractivity contribution in [2.45, 2.75) is 32.7 Å². The first kappa shape index (κ1) is 14.9. The summed E-state index contributed by atoms with van der Waals surface area (Å²) in [4.78, 5) is 0. The van der Waals surface area contributed by atoms with Gasteiger partial charge in [-0.05, 0) is 36.5 Å². The molecule has 0 saturated carbocycles. The van der Waals surface area contributed by atoms with Crippen molar-refractivity contribution >= 4 is 28.3 Å². The molecule has 0 heterocycles. The third kappa shape index (κ3) is 5.55. The number of benzene rings is 1. The zero-order valence-corrected chi connectivity index (χ0v) is 11.6. The van der Waals surface area contributed by atoms with Crippen molar-refractivity contribution in [2.75, 3.05) is 0 Å². The Kier molecular flexibility index (Phi) is 7.24. The lowest BCUT2D eigenvalue weighted by molar-refractivity contribution is 0.507. The van der Waals surface area contributed by atoms with E-state index in [1.807, 2.05) is 12.1 Å². The Morgan fingerprint density at radius 3 is 2.13 bits per heavy atom. The van der Waals surface area contributed by atoms with E-state index < -0.39 is 0 Å². The van der Waals surface area contributed by atoms with Gasteiger partial charge in [0.05, 0.1) is 0 Å². The van der Waals surface area contributed by atoms with Gasteiger partial charge in [0.2, 0.25) is 0 Å². The standard InChI is InChI=1S/C12H18BrN.ClH/c1-9(2)3-8-12(14)10-4-6-11(13)7-5-10;/h4-7,9,12H,3,8,14H2,1-2H3;1H/t12-;/m0./s1. The highest BCUT2D eigenvalue weighted by Crippen LogP contribution is 2.20. The molecule has 0 radical (unpaired) electrons. The largest absolute Gasteiger partial charge is 0.324 e. The van der Waals surface area contributed by atoms with E-state index >= 15 is 0 Å². The molecule has 0 aliphatic rings. The number of rotatable bonds is 4. The van der Waals surface area contributed by atoms with Crippen LogP contribution in [0.4, 0.5) is 0 Å². The molecule has 0 bridgehead atoms. The maximum atomic E-state index is 6.08. The van der Waals surface area contributed by atoms with Crippen molar-refractivity contribution in [1.82, 2.24) is 0 Å². The van der Waals surface area contributed by atoms with Gasteiger partial charge in [-0.3, -0.25) is 0 Å². The summed E-state index contributed by atoms with van der Waals surface area (Å²) in [7, 11) is 0. The molecule has 1 aromatic carbocycles. The van der Waals surface area contributed by atoms with E-state index in [1.165, 1.54) is 12.0 Å². The van der Waals surface area contributed by atoms with Crippen LogP contribution in [0.3, 0.4) is 0 Å². The van der Waals surface area contributed by atoms with Crippen molar-refractivity contribution in [1.29, 1.82) is 0 Å². The average molecular weight is 293 g/mol. The van der Waals surface area contributed by atoms with Gasteiger partial charge in [0.1, 0.15) is 0 Å². The van der Waals surface area contributed by atoms with Crippen molar-refractivity contribution in [3.05, 3.63) is 34.3 Å². The summed E-state index contributed by atoms with van der Waals surface area (Å²) in [6.45, 7) is 4.46. The average Bonchev–Trinajstić information content (AvgIpc) is 2.15. The molecular weight excluding hydrogens is 273 g/mol. The minimum absolute atomic E-state index is 0. The Morgan fingerprint density at radius 2 is 1.67 bits per heavy atom. The van der Waals surface area contributed by atoms with E-state index in [9.17, 15) is 0 Å². The summed E-state index contributed by atoms with van der Waals surface area (Å²) in [5, 5.41) is 0. The minimum atomic E-state index is 0. The van der Waals surface area contributed by atoms with Gasteiger partial charge in [0.25, 0.3) is 0 Å². The number of hydrogen-bond donors (Lipinski definition) is 1. The summed E-state index contributed by atoms with van der Waals surface area (Å²) in [6, 6.07) is 8.46. The van der Waals surface area contributed by atoms with Gasteiger partial charge in [-0.25, -0.2) is 0 Å². The molecular formula is C12H19BrClN.